The lowest BCUT2D eigenvalue weighted by Crippen LogP contribution is -3.00. The molecule has 0 N–H and O–H groups in total. The molecule has 0 unspecified atom stereocenters. The third-order valence-electron chi connectivity index (χ3n) is 0.848. The smallest absolute Gasteiger partial charge is 0.341 e. The first-order chi connectivity index (χ1) is 3.68. The Morgan fingerprint density at radius 1 is 1.44 bits per heavy atom. The Morgan fingerprint density at radius 3 is 2.00 bits per heavy atom. The van der Waals surface area contributed by atoms with E-state index < -0.39 is 0 Å². The Hall–Kier alpha value is 0.540. The normalized spacial score (nSPS) is 8.00. The molecule has 0 saturated carbocycles. The van der Waals surface area contributed by atoms with Gasteiger partial charge in [0.2, 0.25) is 0 Å². The van der Waals surface area contributed by atoms with E-state index in [1.54, 1.807) is 4.58 Å². The highest BCUT2D eigenvalue weighted by Gasteiger charge is 1.99. The predicted octanol–water partition coefficient (Wildman–Crippen LogP) is -1.12. The molecule has 0 saturated heterocycles. The molecule has 0 heterocycles. The number of rotatable bonds is 2. The van der Waals surface area contributed by atoms with Gasteiger partial charge in [0.15, 0.2) is 0 Å². The van der Waals surface area contributed by atoms with Gasteiger partial charge in [0, 0.05) is 29.6 Å². The van der Waals surface area contributed by atoms with E-state index in [4.69, 9.17) is 23.2 Å². The van der Waals surface area contributed by atoms with Crippen LogP contribution in [-0.2, 0) is 0 Å². The van der Waals surface area contributed by atoms with Crippen molar-refractivity contribution in [1.82, 2.24) is 0 Å². The Balaban J connectivity index is 0. The van der Waals surface area contributed by atoms with E-state index in [-0.39, 0.29) is 12.4 Å². The summed E-state index contributed by atoms with van der Waals surface area (Å²) in [6.07, 6.45) is 1.07. The van der Waals surface area contributed by atoms with E-state index in [9.17, 15) is 0 Å². The Morgan fingerprint density at radius 2 is 1.89 bits per heavy atom. The van der Waals surface area contributed by atoms with Crippen LogP contribution >= 0.6 is 23.2 Å². The largest absolute Gasteiger partial charge is 1.00 e. The summed E-state index contributed by atoms with van der Waals surface area (Å²) in [4.78, 5) is 0. The van der Waals surface area contributed by atoms with Crippen LogP contribution in [0.1, 0.15) is 13.3 Å². The van der Waals surface area contributed by atoms with Crippen molar-refractivity contribution in [2.45, 2.75) is 13.3 Å². The second kappa shape index (κ2) is 6.66. The summed E-state index contributed by atoms with van der Waals surface area (Å²) < 4.78 is 2.13. The first-order valence-electron chi connectivity index (χ1n) is 2.57. The van der Waals surface area contributed by atoms with E-state index in [0.717, 1.165) is 13.0 Å². The zero-order chi connectivity index (χ0) is 6.57. The van der Waals surface area contributed by atoms with Gasteiger partial charge in [-0.2, -0.15) is 0 Å². The summed E-state index contributed by atoms with van der Waals surface area (Å²) in [5.41, 5.74) is 0. The van der Waals surface area contributed by atoms with Gasteiger partial charge in [0.05, 0.1) is 0 Å². The zero-order valence-corrected chi connectivity index (χ0v) is 7.76. The minimum absolute atomic E-state index is 0. The van der Waals surface area contributed by atoms with Crippen LogP contribution in [0.2, 0.25) is 0 Å². The predicted molar refractivity (Wildman–Crippen MR) is 38.1 cm³/mol. The minimum atomic E-state index is 0. The topological polar surface area (TPSA) is 3.01 Å². The highest BCUT2D eigenvalue weighted by molar-refractivity contribution is 6.94. The molecule has 0 aliphatic rings. The van der Waals surface area contributed by atoms with E-state index in [0.29, 0.717) is 4.63 Å². The van der Waals surface area contributed by atoms with Gasteiger partial charge in [0.1, 0.15) is 13.6 Å². The summed E-state index contributed by atoms with van der Waals surface area (Å²) >= 11 is 10.8. The molecule has 0 aliphatic carbocycles. The number of hydrogen-bond donors (Lipinski definition) is 0. The third kappa shape index (κ3) is 6.42. The lowest BCUT2D eigenvalue weighted by atomic mass is 10.5. The molecule has 0 aliphatic heterocycles. The number of nitrogens with zero attached hydrogens (tertiary/aromatic N) is 1. The molecule has 0 rings (SSSR count). The Kier molecular flexibility index (Phi) is 9.05. The average Bonchev–Trinajstić information content (AvgIpc) is 1.67. The van der Waals surface area contributed by atoms with Gasteiger partial charge < -0.3 is 12.4 Å². The van der Waals surface area contributed by atoms with Gasteiger partial charge in [-0.15, -0.1) is 0 Å². The maximum absolute atomic E-state index is 5.42. The second-order valence-electron chi connectivity index (χ2n) is 1.66. The molecule has 1 nitrogen and oxygen atoms in total. The van der Waals surface area contributed by atoms with Crippen LogP contribution in [0.4, 0.5) is 0 Å². The van der Waals surface area contributed by atoms with Gasteiger partial charge in [-0.25, -0.2) is 4.58 Å². The molecule has 9 heavy (non-hydrogen) atoms. The van der Waals surface area contributed by atoms with E-state index in [1.165, 1.54) is 0 Å². The third-order valence-corrected chi connectivity index (χ3v) is 1.42. The first-order valence-corrected chi connectivity index (χ1v) is 3.33. The molecule has 0 radical (unpaired) electrons. The molecule has 0 aromatic heterocycles. The van der Waals surface area contributed by atoms with Crippen LogP contribution in [0.25, 0.3) is 0 Å². The van der Waals surface area contributed by atoms with Crippen molar-refractivity contribution in [3.8, 4) is 0 Å². The van der Waals surface area contributed by atoms with Gasteiger partial charge in [-0.05, 0) is 0 Å². The van der Waals surface area contributed by atoms with Crippen molar-refractivity contribution in [1.29, 1.82) is 0 Å². The Labute approximate surface area is 72.1 Å². The fourth-order valence-electron chi connectivity index (χ4n) is 0.420. The SMILES string of the molecule is CCC[N+](C)=C(Cl)Cl.[Cl-]. The Bertz CT molecular complexity index is 96.4. The summed E-state index contributed by atoms with van der Waals surface area (Å²) in [5, 5.41) is 0. The summed E-state index contributed by atoms with van der Waals surface area (Å²) in [5.74, 6) is 0. The second-order valence-corrected chi connectivity index (χ2v) is 2.57. The summed E-state index contributed by atoms with van der Waals surface area (Å²) in [6, 6.07) is 0. The maximum atomic E-state index is 5.42. The van der Waals surface area contributed by atoms with Crippen molar-refractivity contribution in [3.63, 3.8) is 0 Å². The van der Waals surface area contributed by atoms with Crippen molar-refractivity contribution < 1.29 is 17.0 Å². The highest BCUT2D eigenvalue weighted by atomic mass is 35.5. The van der Waals surface area contributed by atoms with Crippen LogP contribution in [0, 0.1) is 0 Å². The van der Waals surface area contributed by atoms with Crippen molar-refractivity contribution >= 4 is 27.8 Å². The van der Waals surface area contributed by atoms with Gasteiger partial charge in [0.25, 0.3) is 0 Å². The van der Waals surface area contributed by atoms with Gasteiger partial charge >= 0.3 is 4.63 Å². The fourth-order valence-corrected chi connectivity index (χ4v) is 0.589. The summed E-state index contributed by atoms with van der Waals surface area (Å²) in [6.45, 7) is 3.00. The molecule has 0 atom stereocenters. The van der Waals surface area contributed by atoms with Crippen LogP contribution < -0.4 is 12.4 Å². The van der Waals surface area contributed by atoms with E-state index in [1.807, 2.05) is 7.05 Å². The standard InChI is InChI=1S/C5H10Cl2N.ClH/c1-3-4-8(2)5(6)7;/h3-4H2,1-2H3;1H/q+1;/p-1. The van der Waals surface area contributed by atoms with Crippen LogP contribution in [0.3, 0.4) is 0 Å². The molecule has 4 heteroatoms. The van der Waals surface area contributed by atoms with Gasteiger partial charge in [-0.3, -0.25) is 0 Å². The average molecular weight is 191 g/mol. The quantitative estimate of drug-likeness (QED) is 0.383. The summed E-state index contributed by atoms with van der Waals surface area (Å²) in [7, 11) is 1.86. The fraction of sp³-hybridized carbons (Fsp3) is 0.800. The highest BCUT2D eigenvalue weighted by Crippen LogP contribution is 1.90. The molecule has 0 amide bonds. The molecular formula is C5H10Cl3N. The lowest BCUT2D eigenvalue weighted by Gasteiger charge is -1.89. The van der Waals surface area contributed by atoms with Crippen molar-refractivity contribution in [3.05, 3.63) is 0 Å². The van der Waals surface area contributed by atoms with Crippen LogP contribution in [-0.4, -0.2) is 22.8 Å². The molecule has 0 fully saturated rings. The van der Waals surface area contributed by atoms with Crippen molar-refractivity contribution in [2.75, 3.05) is 13.6 Å². The monoisotopic (exact) mass is 189 g/mol. The van der Waals surface area contributed by atoms with Crippen LogP contribution in [0.5, 0.6) is 0 Å². The molecule has 0 spiro atoms. The maximum Gasteiger partial charge on any atom is 0.341 e. The molecule has 56 valence electrons. The first kappa shape index (κ1) is 12.2. The molecular weight excluding hydrogens is 180 g/mol. The van der Waals surface area contributed by atoms with Crippen molar-refractivity contribution in [2.24, 2.45) is 0 Å². The van der Waals surface area contributed by atoms with Gasteiger partial charge in [-0.1, -0.05) is 6.92 Å². The number of hydrogen-bond acceptors (Lipinski definition) is 0. The van der Waals surface area contributed by atoms with E-state index >= 15 is 0 Å². The molecule has 0 bridgehead atoms. The minimum Gasteiger partial charge on any atom is -1.00 e. The van der Waals surface area contributed by atoms with E-state index in [2.05, 4.69) is 6.92 Å². The van der Waals surface area contributed by atoms with Crippen LogP contribution in [0.15, 0.2) is 0 Å². The number of halogens is 3. The zero-order valence-electron chi connectivity index (χ0n) is 5.50. The lowest BCUT2D eigenvalue weighted by molar-refractivity contribution is -0.492. The molecule has 0 aromatic carbocycles. The molecule has 0 aromatic rings.